The molecule has 1 fully saturated rings. The van der Waals surface area contributed by atoms with E-state index < -0.39 is 23.9 Å². The molecular formula is C14H30ClNO4. The average molecular weight is 312 g/mol. The van der Waals surface area contributed by atoms with Crippen LogP contribution in [0.2, 0.25) is 0 Å². The lowest BCUT2D eigenvalue weighted by atomic mass is 9.79. The van der Waals surface area contributed by atoms with E-state index in [-0.39, 0.29) is 25.6 Å². The molecule has 0 spiro atoms. The minimum absolute atomic E-state index is 0. The molecule has 5 nitrogen and oxygen atoms in total. The Balaban J connectivity index is 0.00000361. The number of piperidine rings is 1. The molecule has 6 heteroatoms. The van der Waals surface area contributed by atoms with Gasteiger partial charge in [0.2, 0.25) is 0 Å². The van der Waals surface area contributed by atoms with Gasteiger partial charge in [-0.1, -0.05) is 45.4 Å². The van der Waals surface area contributed by atoms with Gasteiger partial charge in [-0.15, -0.1) is 12.4 Å². The third kappa shape index (κ3) is 5.13. The van der Waals surface area contributed by atoms with Gasteiger partial charge >= 0.3 is 0 Å². The number of β-amino-alcohol motifs (C(OH)–C–C–N with tert-alkyl or cyclic N) is 1. The van der Waals surface area contributed by atoms with Crippen LogP contribution in [0.15, 0.2) is 0 Å². The summed E-state index contributed by atoms with van der Waals surface area (Å²) in [4.78, 5) is 0. The van der Waals surface area contributed by atoms with E-state index in [1.54, 1.807) is 0 Å². The molecule has 0 saturated carbocycles. The quantitative estimate of drug-likeness (QED) is 0.423. The van der Waals surface area contributed by atoms with Gasteiger partial charge < -0.3 is 25.7 Å². The first-order valence-corrected chi connectivity index (χ1v) is 7.47. The first-order chi connectivity index (χ1) is 9.07. The van der Waals surface area contributed by atoms with E-state index in [1.165, 1.54) is 19.3 Å². The van der Waals surface area contributed by atoms with Gasteiger partial charge in [-0.2, -0.15) is 0 Å². The van der Waals surface area contributed by atoms with Gasteiger partial charge in [-0.25, -0.2) is 0 Å². The molecule has 1 heterocycles. The molecule has 4 atom stereocenters. The molecule has 1 saturated heterocycles. The molecule has 122 valence electrons. The highest BCUT2D eigenvalue weighted by Gasteiger charge is 2.46. The van der Waals surface area contributed by atoms with Crippen molar-refractivity contribution in [1.82, 2.24) is 5.32 Å². The molecule has 0 aromatic carbocycles. The standard InChI is InChI=1S/C14H29NO4.ClH/c1-2-3-4-5-6-7-8-14(10-16)13(19)12(18)11(17)9-15-14;/h11-13,15-19H,2-10H2,1H3;1H/t11-,12+,13-,14-;/m0./s1. The van der Waals surface area contributed by atoms with Gasteiger partial charge in [0.05, 0.1) is 18.2 Å². The zero-order chi connectivity index (χ0) is 14.3. The Labute approximate surface area is 127 Å². The molecule has 0 aliphatic carbocycles. The fourth-order valence-corrected chi connectivity index (χ4v) is 2.76. The summed E-state index contributed by atoms with van der Waals surface area (Å²) >= 11 is 0. The normalized spacial score (nSPS) is 33.8. The van der Waals surface area contributed by atoms with E-state index in [9.17, 15) is 20.4 Å². The minimum atomic E-state index is -1.19. The lowest BCUT2D eigenvalue weighted by Gasteiger charge is -2.45. The molecule has 20 heavy (non-hydrogen) atoms. The number of halogens is 1. The second kappa shape index (κ2) is 9.92. The molecule has 5 N–H and O–H groups in total. The summed E-state index contributed by atoms with van der Waals surface area (Å²) in [6.07, 6.45) is 4.13. The van der Waals surface area contributed by atoms with Crippen molar-refractivity contribution >= 4 is 12.4 Å². The highest BCUT2D eigenvalue weighted by atomic mass is 35.5. The monoisotopic (exact) mass is 311 g/mol. The van der Waals surface area contributed by atoms with Gasteiger partial charge in [-0.3, -0.25) is 0 Å². The Hall–Kier alpha value is 0.0900. The van der Waals surface area contributed by atoms with Gasteiger partial charge in [0.25, 0.3) is 0 Å². The van der Waals surface area contributed by atoms with Crippen LogP contribution < -0.4 is 5.32 Å². The van der Waals surface area contributed by atoms with Crippen LogP contribution in [0, 0.1) is 0 Å². The van der Waals surface area contributed by atoms with Crippen LogP contribution in [0.5, 0.6) is 0 Å². The molecule has 0 aromatic heterocycles. The van der Waals surface area contributed by atoms with Crippen LogP contribution in [-0.4, -0.2) is 57.4 Å². The van der Waals surface area contributed by atoms with Crippen molar-refractivity contribution in [3.63, 3.8) is 0 Å². The molecule has 0 amide bonds. The molecule has 0 radical (unpaired) electrons. The predicted octanol–water partition coefficient (Wildman–Crippen LogP) is 0.576. The summed E-state index contributed by atoms with van der Waals surface area (Å²) in [5.74, 6) is 0. The molecular weight excluding hydrogens is 282 g/mol. The maximum absolute atomic E-state index is 10.1. The summed E-state index contributed by atoms with van der Waals surface area (Å²) in [6, 6.07) is 0. The number of hydrogen-bond acceptors (Lipinski definition) is 5. The third-order valence-electron chi connectivity index (χ3n) is 4.21. The zero-order valence-corrected chi connectivity index (χ0v) is 13.1. The summed E-state index contributed by atoms with van der Waals surface area (Å²) in [6.45, 7) is 2.15. The van der Waals surface area contributed by atoms with Gasteiger partial charge in [0, 0.05) is 6.54 Å². The Morgan fingerprint density at radius 2 is 1.65 bits per heavy atom. The number of aliphatic hydroxyl groups excluding tert-OH is 4. The van der Waals surface area contributed by atoms with E-state index in [4.69, 9.17) is 0 Å². The molecule has 1 aliphatic heterocycles. The number of nitrogens with one attached hydrogen (secondary N) is 1. The largest absolute Gasteiger partial charge is 0.394 e. The second-order valence-electron chi connectivity index (χ2n) is 5.72. The zero-order valence-electron chi connectivity index (χ0n) is 12.3. The van der Waals surface area contributed by atoms with E-state index in [2.05, 4.69) is 12.2 Å². The van der Waals surface area contributed by atoms with Crippen molar-refractivity contribution in [2.45, 2.75) is 75.7 Å². The highest BCUT2D eigenvalue weighted by molar-refractivity contribution is 5.85. The van der Waals surface area contributed by atoms with Gasteiger partial charge in [0.1, 0.15) is 12.2 Å². The van der Waals surface area contributed by atoms with Gasteiger partial charge in [-0.05, 0) is 6.42 Å². The summed E-state index contributed by atoms with van der Waals surface area (Å²) in [7, 11) is 0. The van der Waals surface area contributed by atoms with Gasteiger partial charge in [0.15, 0.2) is 0 Å². The summed E-state index contributed by atoms with van der Waals surface area (Å²) in [5.41, 5.74) is -0.872. The highest BCUT2D eigenvalue weighted by Crippen LogP contribution is 2.26. The number of unbranched alkanes of at least 4 members (excludes halogenated alkanes) is 5. The average Bonchev–Trinajstić information content (AvgIpc) is 2.43. The molecule has 0 bridgehead atoms. The Bertz CT molecular complexity index is 257. The van der Waals surface area contributed by atoms with Crippen molar-refractivity contribution in [2.24, 2.45) is 0 Å². The van der Waals surface area contributed by atoms with Crippen LogP contribution in [0.1, 0.15) is 51.9 Å². The SMILES string of the molecule is CCCCCCCC[C@@]1(CO)NC[C@H](O)[C@@H](O)[C@@H]1O.Cl. The topological polar surface area (TPSA) is 93.0 Å². The van der Waals surface area contributed by atoms with E-state index in [0.717, 1.165) is 19.3 Å². The van der Waals surface area contributed by atoms with Crippen molar-refractivity contribution in [2.75, 3.05) is 13.2 Å². The van der Waals surface area contributed by atoms with Crippen molar-refractivity contribution < 1.29 is 20.4 Å². The smallest absolute Gasteiger partial charge is 0.109 e. The molecule has 0 aromatic rings. The van der Waals surface area contributed by atoms with E-state index in [0.29, 0.717) is 6.42 Å². The minimum Gasteiger partial charge on any atom is -0.394 e. The Morgan fingerprint density at radius 1 is 1.05 bits per heavy atom. The first kappa shape index (κ1) is 20.1. The molecule has 0 unspecified atom stereocenters. The number of aliphatic hydroxyl groups is 4. The fourth-order valence-electron chi connectivity index (χ4n) is 2.76. The van der Waals surface area contributed by atoms with Crippen molar-refractivity contribution in [1.29, 1.82) is 0 Å². The predicted molar refractivity (Wildman–Crippen MR) is 81.1 cm³/mol. The Kier molecular flexibility index (Phi) is 9.97. The third-order valence-corrected chi connectivity index (χ3v) is 4.21. The molecule has 1 rings (SSSR count). The van der Waals surface area contributed by atoms with Crippen LogP contribution in [-0.2, 0) is 0 Å². The fraction of sp³-hybridized carbons (Fsp3) is 1.00. The maximum atomic E-state index is 10.1. The summed E-state index contributed by atoms with van der Waals surface area (Å²) < 4.78 is 0. The first-order valence-electron chi connectivity index (χ1n) is 7.47. The van der Waals surface area contributed by atoms with Crippen LogP contribution in [0.3, 0.4) is 0 Å². The summed E-state index contributed by atoms with van der Waals surface area (Å²) in [5, 5.41) is 41.8. The lowest BCUT2D eigenvalue weighted by molar-refractivity contribution is -0.135. The second-order valence-corrected chi connectivity index (χ2v) is 5.72. The van der Waals surface area contributed by atoms with E-state index >= 15 is 0 Å². The molecule has 1 aliphatic rings. The lowest BCUT2D eigenvalue weighted by Crippen LogP contribution is -2.69. The van der Waals surface area contributed by atoms with Crippen LogP contribution in [0.25, 0.3) is 0 Å². The van der Waals surface area contributed by atoms with E-state index in [1.807, 2.05) is 0 Å². The number of rotatable bonds is 8. The number of hydrogen-bond donors (Lipinski definition) is 5. The van der Waals surface area contributed by atoms with Crippen molar-refractivity contribution in [3.05, 3.63) is 0 Å². The van der Waals surface area contributed by atoms with Crippen molar-refractivity contribution in [3.8, 4) is 0 Å². The maximum Gasteiger partial charge on any atom is 0.109 e. The van der Waals surface area contributed by atoms with Crippen LogP contribution >= 0.6 is 12.4 Å². The Morgan fingerprint density at radius 3 is 2.25 bits per heavy atom. The van der Waals surface area contributed by atoms with Crippen LogP contribution in [0.4, 0.5) is 0 Å².